The molecule has 1 aliphatic heterocycles. The number of carbonyl (C=O) groups is 4. The number of anilines is 1. The van der Waals surface area contributed by atoms with Crippen LogP contribution in [0.4, 0.5) is 10.5 Å². The van der Waals surface area contributed by atoms with E-state index in [-0.39, 0.29) is 44.3 Å². The first-order chi connectivity index (χ1) is 18.4. The number of esters is 1. The second kappa shape index (κ2) is 12.5. The summed E-state index contributed by atoms with van der Waals surface area (Å²) in [4.78, 5) is 62.2. The van der Waals surface area contributed by atoms with Crippen molar-refractivity contribution in [1.82, 2.24) is 25.2 Å². The average molecular weight is 543 g/mol. The highest BCUT2D eigenvalue weighted by atomic mass is 16.6. The Balaban J connectivity index is 1.58. The Morgan fingerprint density at radius 2 is 1.97 bits per heavy atom. The van der Waals surface area contributed by atoms with E-state index in [0.29, 0.717) is 22.6 Å². The number of amides is 3. The van der Waals surface area contributed by atoms with Gasteiger partial charge in [0.1, 0.15) is 23.7 Å². The van der Waals surface area contributed by atoms with E-state index in [1.54, 1.807) is 47.7 Å². The Hall–Kier alpha value is -4.26. The summed E-state index contributed by atoms with van der Waals surface area (Å²) < 4.78 is 15.7. The number of H-pyrrole nitrogens is 1. The van der Waals surface area contributed by atoms with Gasteiger partial charge in [-0.05, 0) is 46.8 Å². The number of rotatable bonds is 10. The number of nitrogens with zero attached hydrogens (tertiary/aromatic N) is 3. The summed E-state index contributed by atoms with van der Waals surface area (Å²) in [6.45, 7) is 9.24. The number of hydrogen-bond acceptors (Lipinski definition) is 9. The van der Waals surface area contributed by atoms with Gasteiger partial charge in [0.15, 0.2) is 0 Å². The summed E-state index contributed by atoms with van der Waals surface area (Å²) in [6, 6.07) is 1.65. The molecule has 210 valence electrons. The Morgan fingerprint density at radius 3 is 2.67 bits per heavy atom. The van der Waals surface area contributed by atoms with Crippen molar-refractivity contribution in [2.24, 2.45) is 0 Å². The van der Waals surface area contributed by atoms with Crippen LogP contribution in [-0.4, -0.2) is 82.7 Å². The number of hydrogen-bond donors (Lipinski definition) is 3. The minimum atomic E-state index is -0.599. The van der Waals surface area contributed by atoms with E-state index < -0.39 is 29.5 Å². The smallest absolute Gasteiger partial charge is 0.410 e. The molecule has 0 fully saturated rings. The van der Waals surface area contributed by atoms with Crippen molar-refractivity contribution in [3.05, 3.63) is 40.7 Å². The van der Waals surface area contributed by atoms with Crippen LogP contribution in [-0.2, 0) is 30.3 Å². The van der Waals surface area contributed by atoms with Gasteiger partial charge in [-0.1, -0.05) is 0 Å². The predicted octanol–water partition coefficient (Wildman–Crippen LogP) is 2.28. The lowest BCUT2D eigenvalue weighted by molar-refractivity contribution is -0.126. The zero-order chi connectivity index (χ0) is 28.7. The highest BCUT2D eigenvalue weighted by Gasteiger charge is 2.28. The Kier molecular flexibility index (Phi) is 9.41. The van der Waals surface area contributed by atoms with E-state index in [1.165, 1.54) is 17.2 Å². The number of ether oxygens (including phenoxy) is 3. The van der Waals surface area contributed by atoms with E-state index in [4.69, 9.17) is 14.2 Å². The molecule has 2 aromatic rings. The van der Waals surface area contributed by atoms with Crippen LogP contribution in [0.1, 0.15) is 61.0 Å². The van der Waals surface area contributed by atoms with Crippen molar-refractivity contribution in [1.29, 1.82) is 0 Å². The minimum Gasteiger partial charge on any atom is -0.462 e. The van der Waals surface area contributed by atoms with Crippen molar-refractivity contribution in [2.75, 3.05) is 38.7 Å². The first kappa shape index (κ1) is 29.3. The van der Waals surface area contributed by atoms with E-state index in [0.717, 1.165) is 5.69 Å². The van der Waals surface area contributed by atoms with Crippen LogP contribution in [0.3, 0.4) is 0 Å². The van der Waals surface area contributed by atoms with Crippen LogP contribution < -0.4 is 10.6 Å². The van der Waals surface area contributed by atoms with Gasteiger partial charge >= 0.3 is 12.1 Å². The van der Waals surface area contributed by atoms with Gasteiger partial charge in [-0.25, -0.2) is 19.6 Å². The molecule has 39 heavy (non-hydrogen) atoms. The fourth-order valence-corrected chi connectivity index (χ4v) is 3.50. The molecule has 0 spiro atoms. The monoisotopic (exact) mass is 542 g/mol. The molecule has 13 heteroatoms. The number of aromatic amines is 1. The molecule has 0 bridgehead atoms. The van der Waals surface area contributed by atoms with Crippen molar-refractivity contribution in [2.45, 2.75) is 46.8 Å². The minimum absolute atomic E-state index is 0.00441. The van der Waals surface area contributed by atoms with Crippen LogP contribution in [0.2, 0.25) is 0 Å². The summed E-state index contributed by atoms with van der Waals surface area (Å²) in [5.74, 6) is -1.02. The highest BCUT2D eigenvalue weighted by Crippen LogP contribution is 2.31. The fourth-order valence-electron chi connectivity index (χ4n) is 3.50. The van der Waals surface area contributed by atoms with Crippen LogP contribution in [0.15, 0.2) is 12.3 Å². The third-order valence-corrected chi connectivity index (χ3v) is 5.31. The molecule has 1 aliphatic rings. The molecule has 2 aromatic heterocycles. The molecule has 13 nitrogen and oxygen atoms in total. The molecule has 3 heterocycles. The van der Waals surface area contributed by atoms with Crippen LogP contribution in [0.5, 0.6) is 0 Å². The average Bonchev–Trinajstić information content (AvgIpc) is 3.38. The second-order valence-corrected chi connectivity index (χ2v) is 9.79. The van der Waals surface area contributed by atoms with Gasteiger partial charge in [0.05, 0.1) is 48.5 Å². The SMILES string of the molecule is CCOC(=O)c1cc(C)[nH]c1/C=C1\C(=O)Nc2cnc(CNC(=O)COCCN(C)C(=O)OC(C)(C)C)nc21. The van der Waals surface area contributed by atoms with Crippen LogP contribution in [0.25, 0.3) is 11.6 Å². The second-order valence-electron chi connectivity index (χ2n) is 9.79. The molecular formula is C26H34N6O7. The van der Waals surface area contributed by atoms with Crippen molar-refractivity contribution >= 4 is 41.2 Å². The standard InChI is InChI=1S/C26H34N6O7/c1-7-38-24(35)16-10-15(2)29-18(16)11-17-22-19(30-23(17)34)12-27-20(31-22)13-28-21(33)14-37-9-8-32(6)25(36)39-26(3,4)5/h10-12,29H,7-9,13-14H2,1-6H3,(H,28,33)(H,30,34)/b17-11-. The Morgan fingerprint density at radius 1 is 1.23 bits per heavy atom. The molecule has 0 saturated carbocycles. The number of nitrogens with one attached hydrogen (secondary N) is 3. The molecular weight excluding hydrogens is 508 g/mol. The number of likely N-dealkylation sites (N-methyl/N-ethyl adjacent to an activating group) is 1. The lowest BCUT2D eigenvalue weighted by Crippen LogP contribution is -2.36. The van der Waals surface area contributed by atoms with Gasteiger partial charge in [0, 0.05) is 19.3 Å². The largest absolute Gasteiger partial charge is 0.462 e. The van der Waals surface area contributed by atoms with Crippen molar-refractivity contribution in [3.8, 4) is 0 Å². The first-order valence-electron chi connectivity index (χ1n) is 12.4. The van der Waals surface area contributed by atoms with Crippen LogP contribution >= 0.6 is 0 Å². The summed E-state index contributed by atoms with van der Waals surface area (Å²) in [6.07, 6.45) is 2.52. The molecule has 0 radical (unpaired) electrons. The van der Waals surface area contributed by atoms with Crippen LogP contribution in [0, 0.1) is 6.92 Å². The van der Waals surface area contributed by atoms with Gasteiger partial charge in [-0.15, -0.1) is 0 Å². The van der Waals surface area contributed by atoms with Gasteiger partial charge in [0.25, 0.3) is 5.91 Å². The maximum absolute atomic E-state index is 12.6. The maximum atomic E-state index is 12.6. The van der Waals surface area contributed by atoms with E-state index in [9.17, 15) is 19.2 Å². The number of fused-ring (bicyclic) bond motifs is 1. The summed E-state index contributed by atoms with van der Waals surface area (Å²) in [5, 5.41) is 5.36. The van der Waals surface area contributed by atoms with E-state index in [2.05, 4.69) is 25.6 Å². The fraction of sp³-hybridized carbons (Fsp3) is 0.462. The van der Waals surface area contributed by atoms with Gasteiger partial charge in [-0.3, -0.25) is 9.59 Å². The maximum Gasteiger partial charge on any atom is 0.410 e. The topological polar surface area (TPSA) is 165 Å². The zero-order valence-electron chi connectivity index (χ0n) is 23.0. The van der Waals surface area contributed by atoms with Gasteiger partial charge in [0.2, 0.25) is 5.91 Å². The molecule has 0 aliphatic carbocycles. The Labute approximate surface area is 226 Å². The van der Waals surface area contributed by atoms with Gasteiger partial charge < -0.3 is 34.7 Å². The van der Waals surface area contributed by atoms with Crippen molar-refractivity contribution in [3.63, 3.8) is 0 Å². The summed E-state index contributed by atoms with van der Waals surface area (Å²) in [7, 11) is 1.58. The molecule has 0 unspecified atom stereocenters. The van der Waals surface area contributed by atoms with E-state index >= 15 is 0 Å². The quantitative estimate of drug-likeness (QED) is 0.232. The third kappa shape index (κ3) is 8.11. The summed E-state index contributed by atoms with van der Waals surface area (Å²) in [5.41, 5.74) is 1.87. The molecule has 3 amide bonds. The highest BCUT2D eigenvalue weighted by molar-refractivity contribution is 6.34. The molecule has 0 saturated heterocycles. The lowest BCUT2D eigenvalue weighted by Gasteiger charge is -2.24. The number of carbonyl (C=O) groups excluding carboxylic acids is 4. The molecule has 0 atom stereocenters. The van der Waals surface area contributed by atoms with Gasteiger partial charge in [-0.2, -0.15) is 0 Å². The lowest BCUT2D eigenvalue weighted by atomic mass is 10.1. The Bertz CT molecular complexity index is 1280. The molecule has 0 aromatic carbocycles. The van der Waals surface area contributed by atoms with Crippen molar-refractivity contribution < 1.29 is 33.4 Å². The number of aromatic nitrogens is 3. The predicted molar refractivity (Wildman–Crippen MR) is 142 cm³/mol. The van der Waals surface area contributed by atoms with E-state index in [1.807, 2.05) is 0 Å². The first-order valence-corrected chi connectivity index (χ1v) is 12.4. The zero-order valence-corrected chi connectivity index (χ0v) is 23.0. The summed E-state index contributed by atoms with van der Waals surface area (Å²) >= 11 is 0. The third-order valence-electron chi connectivity index (χ3n) is 5.31. The molecule has 3 rings (SSSR count). The normalized spacial score (nSPS) is 13.6. The number of aryl methyl sites for hydroxylation is 1. The molecule has 3 N–H and O–H groups in total.